The summed E-state index contributed by atoms with van der Waals surface area (Å²) in [6.45, 7) is 4.48. The number of hydrogen-bond donors (Lipinski definition) is 0. The van der Waals surface area contributed by atoms with Gasteiger partial charge in [-0.15, -0.1) is 11.3 Å². The smallest absolute Gasteiger partial charge is 0.0972 e. The average Bonchev–Trinajstić information content (AvgIpc) is 2.58. The molecule has 1 aliphatic heterocycles. The molecule has 0 bridgehead atoms. The molecule has 12 heavy (non-hydrogen) atoms. The lowest BCUT2D eigenvalue weighted by atomic mass is 10.1. The van der Waals surface area contributed by atoms with Gasteiger partial charge in [-0.3, -0.25) is 0 Å². The molecule has 3 heteroatoms. The zero-order valence-electron chi connectivity index (χ0n) is 7.58. The standard InChI is InChI=1S/C9H14N2S/c1-7-6-12-9(10-7)8-3-4-11(2)5-8/h6,8H,3-5H2,1-2H3. The summed E-state index contributed by atoms with van der Waals surface area (Å²) in [6, 6.07) is 0. The van der Waals surface area contributed by atoms with Crippen molar-refractivity contribution in [1.29, 1.82) is 0 Å². The molecule has 0 aromatic carbocycles. The molecule has 66 valence electrons. The third-order valence-electron chi connectivity index (χ3n) is 2.38. The molecule has 1 fully saturated rings. The number of rotatable bonds is 1. The minimum Gasteiger partial charge on any atom is -0.306 e. The molecule has 1 saturated heterocycles. The van der Waals surface area contributed by atoms with Crippen molar-refractivity contribution in [3.05, 3.63) is 16.1 Å². The van der Waals surface area contributed by atoms with Crippen LogP contribution in [0.25, 0.3) is 0 Å². The third-order valence-corrected chi connectivity index (χ3v) is 3.50. The van der Waals surface area contributed by atoms with Crippen molar-refractivity contribution in [1.82, 2.24) is 9.88 Å². The molecule has 0 N–H and O–H groups in total. The van der Waals surface area contributed by atoms with Crippen LogP contribution in [-0.2, 0) is 0 Å². The summed E-state index contributed by atoms with van der Waals surface area (Å²) < 4.78 is 0. The zero-order valence-corrected chi connectivity index (χ0v) is 8.40. The lowest BCUT2D eigenvalue weighted by molar-refractivity contribution is 0.411. The Morgan fingerprint density at radius 1 is 1.67 bits per heavy atom. The quantitative estimate of drug-likeness (QED) is 0.659. The SMILES string of the molecule is Cc1csc(C2CCN(C)C2)n1. The highest BCUT2D eigenvalue weighted by molar-refractivity contribution is 7.09. The van der Waals surface area contributed by atoms with E-state index < -0.39 is 0 Å². The van der Waals surface area contributed by atoms with E-state index in [1.807, 2.05) is 11.3 Å². The Morgan fingerprint density at radius 3 is 3.00 bits per heavy atom. The topological polar surface area (TPSA) is 16.1 Å². The maximum absolute atomic E-state index is 4.52. The molecule has 2 rings (SSSR count). The maximum atomic E-state index is 4.52. The highest BCUT2D eigenvalue weighted by Crippen LogP contribution is 2.28. The van der Waals surface area contributed by atoms with Crippen LogP contribution in [0.3, 0.4) is 0 Å². The normalized spacial score (nSPS) is 25.0. The fourth-order valence-corrected chi connectivity index (χ4v) is 2.62. The number of hydrogen-bond acceptors (Lipinski definition) is 3. The van der Waals surface area contributed by atoms with Gasteiger partial charge in [0.1, 0.15) is 0 Å². The second-order valence-electron chi connectivity index (χ2n) is 3.57. The van der Waals surface area contributed by atoms with Gasteiger partial charge in [0.2, 0.25) is 0 Å². The highest BCUT2D eigenvalue weighted by Gasteiger charge is 2.23. The Bertz CT molecular complexity index is 269. The predicted octanol–water partition coefficient (Wildman–Crippen LogP) is 1.87. The number of nitrogens with zero attached hydrogens (tertiary/aromatic N) is 2. The Kier molecular flexibility index (Phi) is 2.15. The van der Waals surface area contributed by atoms with Crippen LogP contribution in [0.15, 0.2) is 5.38 Å². The number of likely N-dealkylation sites (tertiary alicyclic amines) is 1. The molecule has 1 unspecified atom stereocenters. The van der Waals surface area contributed by atoms with Crippen molar-refractivity contribution >= 4 is 11.3 Å². The van der Waals surface area contributed by atoms with Gasteiger partial charge in [-0.25, -0.2) is 4.98 Å². The molecular formula is C9H14N2S. The van der Waals surface area contributed by atoms with Gasteiger partial charge in [-0.05, 0) is 26.9 Å². The van der Waals surface area contributed by atoms with Crippen molar-refractivity contribution in [2.45, 2.75) is 19.3 Å². The molecule has 2 heterocycles. The molecule has 0 aliphatic carbocycles. The van der Waals surface area contributed by atoms with Gasteiger partial charge in [0.25, 0.3) is 0 Å². The molecule has 0 amide bonds. The number of likely N-dealkylation sites (N-methyl/N-ethyl adjacent to an activating group) is 1. The van der Waals surface area contributed by atoms with Gasteiger partial charge in [0, 0.05) is 23.5 Å². The Hall–Kier alpha value is -0.410. The summed E-state index contributed by atoms with van der Waals surface area (Å²) in [5.74, 6) is 0.702. The summed E-state index contributed by atoms with van der Waals surface area (Å²) in [7, 11) is 2.18. The summed E-state index contributed by atoms with van der Waals surface area (Å²) in [4.78, 5) is 6.90. The van der Waals surface area contributed by atoms with E-state index in [4.69, 9.17) is 0 Å². The Labute approximate surface area is 77.2 Å². The van der Waals surface area contributed by atoms with E-state index in [0.717, 1.165) is 0 Å². The second-order valence-corrected chi connectivity index (χ2v) is 4.46. The van der Waals surface area contributed by atoms with E-state index in [1.54, 1.807) is 0 Å². The lowest BCUT2D eigenvalue weighted by Crippen LogP contribution is -2.13. The van der Waals surface area contributed by atoms with E-state index in [-0.39, 0.29) is 0 Å². The molecule has 0 radical (unpaired) electrons. The Morgan fingerprint density at radius 2 is 2.50 bits per heavy atom. The first-order valence-electron chi connectivity index (χ1n) is 4.36. The maximum Gasteiger partial charge on any atom is 0.0972 e. The van der Waals surface area contributed by atoms with Crippen molar-refractivity contribution in [3.8, 4) is 0 Å². The van der Waals surface area contributed by atoms with Crippen LogP contribution in [0.5, 0.6) is 0 Å². The first kappa shape index (κ1) is 8.20. The molecule has 1 aromatic heterocycles. The summed E-state index contributed by atoms with van der Waals surface area (Å²) in [5, 5.41) is 3.48. The fourth-order valence-electron chi connectivity index (χ4n) is 1.70. The van der Waals surface area contributed by atoms with Crippen molar-refractivity contribution in [3.63, 3.8) is 0 Å². The van der Waals surface area contributed by atoms with Gasteiger partial charge >= 0.3 is 0 Å². The molecule has 1 aliphatic rings. The molecule has 2 nitrogen and oxygen atoms in total. The molecular weight excluding hydrogens is 168 g/mol. The van der Waals surface area contributed by atoms with Crippen molar-refractivity contribution in [2.24, 2.45) is 0 Å². The van der Waals surface area contributed by atoms with Gasteiger partial charge in [-0.1, -0.05) is 0 Å². The van der Waals surface area contributed by atoms with Crippen molar-refractivity contribution < 1.29 is 0 Å². The molecule has 1 atom stereocenters. The first-order chi connectivity index (χ1) is 5.75. The van der Waals surface area contributed by atoms with E-state index in [2.05, 4.69) is 29.2 Å². The largest absolute Gasteiger partial charge is 0.306 e. The summed E-state index contributed by atoms with van der Waals surface area (Å²) in [6.07, 6.45) is 1.28. The minimum absolute atomic E-state index is 0.702. The lowest BCUT2D eigenvalue weighted by Gasteiger charge is -2.06. The van der Waals surface area contributed by atoms with Crippen LogP contribution in [-0.4, -0.2) is 30.0 Å². The highest BCUT2D eigenvalue weighted by atomic mass is 32.1. The molecule has 0 saturated carbocycles. The van der Waals surface area contributed by atoms with Gasteiger partial charge in [0.05, 0.1) is 5.01 Å². The number of aromatic nitrogens is 1. The zero-order chi connectivity index (χ0) is 8.55. The minimum atomic E-state index is 0.702. The molecule has 1 aromatic rings. The summed E-state index contributed by atoms with van der Waals surface area (Å²) >= 11 is 1.81. The predicted molar refractivity (Wildman–Crippen MR) is 51.7 cm³/mol. The van der Waals surface area contributed by atoms with Crippen LogP contribution < -0.4 is 0 Å². The van der Waals surface area contributed by atoms with E-state index in [0.29, 0.717) is 5.92 Å². The number of thiazole rings is 1. The van der Waals surface area contributed by atoms with Crippen LogP contribution in [0.1, 0.15) is 23.0 Å². The van der Waals surface area contributed by atoms with E-state index in [9.17, 15) is 0 Å². The Balaban J connectivity index is 2.11. The van der Waals surface area contributed by atoms with Crippen LogP contribution in [0.2, 0.25) is 0 Å². The van der Waals surface area contributed by atoms with Crippen molar-refractivity contribution in [2.75, 3.05) is 20.1 Å². The first-order valence-corrected chi connectivity index (χ1v) is 5.24. The van der Waals surface area contributed by atoms with Crippen LogP contribution in [0, 0.1) is 6.92 Å². The third kappa shape index (κ3) is 1.52. The van der Waals surface area contributed by atoms with Crippen LogP contribution in [0.4, 0.5) is 0 Å². The van der Waals surface area contributed by atoms with Gasteiger partial charge in [-0.2, -0.15) is 0 Å². The fraction of sp³-hybridized carbons (Fsp3) is 0.667. The van der Waals surface area contributed by atoms with Crippen LogP contribution >= 0.6 is 11.3 Å². The molecule has 0 spiro atoms. The van der Waals surface area contributed by atoms with E-state index in [1.165, 1.54) is 30.2 Å². The van der Waals surface area contributed by atoms with Gasteiger partial charge < -0.3 is 4.90 Å². The average molecular weight is 182 g/mol. The number of aryl methyl sites for hydroxylation is 1. The van der Waals surface area contributed by atoms with Gasteiger partial charge in [0.15, 0.2) is 0 Å². The monoisotopic (exact) mass is 182 g/mol. The van der Waals surface area contributed by atoms with E-state index >= 15 is 0 Å². The summed E-state index contributed by atoms with van der Waals surface area (Å²) in [5.41, 5.74) is 1.17. The second kappa shape index (κ2) is 3.15.